The van der Waals surface area contributed by atoms with Gasteiger partial charge in [0.05, 0.1) is 5.02 Å². The molecule has 0 atom stereocenters. The highest BCUT2D eigenvalue weighted by molar-refractivity contribution is 7.89. The van der Waals surface area contributed by atoms with Crippen LogP contribution in [0.4, 0.5) is 5.69 Å². The van der Waals surface area contributed by atoms with Crippen LogP contribution in [-0.2, 0) is 10.0 Å². The molecule has 7 heteroatoms. The first-order valence-corrected chi connectivity index (χ1v) is 11.8. The van der Waals surface area contributed by atoms with Gasteiger partial charge in [-0.2, -0.15) is 4.31 Å². The molecule has 1 amide bonds. The van der Waals surface area contributed by atoms with E-state index in [4.69, 9.17) is 11.6 Å². The number of hydrogen-bond acceptors (Lipinski definition) is 3. The summed E-state index contributed by atoms with van der Waals surface area (Å²) in [5.74, 6) is 0.0362. The Morgan fingerprint density at radius 1 is 1.00 bits per heavy atom. The molecule has 5 nitrogen and oxygen atoms in total. The van der Waals surface area contributed by atoms with Crippen molar-refractivity contribution in [2.75, 3.05) is 18.4 Å². The quantitative estimate of drug-likeness (QED) is 0.696. The maximum Gasteiger partial charge on any atom is 0.255 e. The zero-order valence-corrected chi connectivity index (χ0v) is 18.4. The standard InChI is InChI=1S/C22H27ClN2O3S/c1-16(2)17-7-10-19(11-8-17)24-22(26)18-9-12-20(23)21(15-18)29(27,28)25-13-5-3-4-6-14-25/h7-12,15-16H,3-6,13-14H2,1-2H3,(H,24,26). The normalized spacial score (nSPS) is 15.9. The number of anilines is 1. The van der Waals surface area contributed by atoms with E-state index in [1.807, 2.05) is 24.3 Å². The van der Waals surface area contributed by atoms with E-state index in [2.05, 4.69) is 19.2 Å². The second-order valence-electron chi connectivity index (χ2n) is 7.69. The molecule has 0 radical (unpaired) electrons. The van der Waals surface area contributed by atoms with Gasteiger partial charge in [0.25, 0.3) is 5.91 Å². The smallest absolute Gasteiger partial charge is 0.255 e. The summed E-state index contributed by atoms with van der Waals surface area (Å²) in [5, 5.41) is 2.95. The molecule has 3 rings (SSSR count). The molecule has 0 aliphatic carbocycles. The third-order valence-corrected chi connectivity index (χ3v) is 7.59. The van der Waals surface area contributed by atoms with Gasteiger partial charge in [0.2, 0.25) is 10.0 Å². The number of nitrogens with one attached hydrogen (secondary N) is 1. The number of hydrogen-bond donors (Lipinski definition) is 1. The van der Waals surface area contributed by atoms with Crippen LogP contribution in [0.3, 0.4) is 0 Å². The largest absolute Gasteiger partial charge is 0.322 e. The summed E-state index contributed by atoms with van der Waals surface area (Å²) in [7, 11) is -3.74. The van der Waals surface area contributed by atoms with Crippen LogP contribution < -0.4 is 5.32 Å². The second kappa shape index (κ2) is 9.28. The Labute approximate surface area is 178 Å². The molecular formula is C22H27ClN2O3S. The minimum atomic E-state index is -3.74. The van der Waals surface area contributed by atoms with Crippen molar-refractivity contribution in [3.8, 4) is 0 Å². The lowest BCUT2D eigenvalue weighted by molar-refractivity contribution is 0.102. The predicted molar refractivity (Wildman–Crippen MR) is 117 cm³/mol. The Bertz CT molecular complexity index is 964. The molecule has 1 aliphatic rings. The van der Waals surface area contributed by atoms with Crippen LogP contribution in [0.5, 0.6) is 0 Å². The summed E-state index contributed by atoms with van der Waals surface area (Å²) in [5.41, 5.74) is 2.10. The molecule has 1 aliphatic heterocycles. The SMILES string of the molecule is CC(C)c1ccc(NC(=O)c2ccc(Cl)c(S(=O)(=O)N3CCCCCC3)c2)cc1. The molecule has 1 heterocycles. The van der Waals surface area contributed by atoms with Crippen LogP contribution in [0.25, 0.3) is 0 Å². The second-order valence-corrected chi connectivity index (χ2v) is 10.0. The summed E-state index contributed by atoms with van der Waals surface area (Å²) in [4.78, 5) is 12.7. The van der Waals surface area contributed by atoms with Crippen LogP contribution in [0.15, 0.2) is 47.4 Å². The maximum atomic E-state index is 13.1. The number of sulfonamides is 1. The van der Waals surface area contributed by atoms with Crippen molar-refractivity contribution in [2.45, 2.75) is 50.3 Å². The predicted octanol–water partition coefficient (Wildman–Crippen LogP) is 5.28. The summed E-state index contributed by atoms with van der Waals surface area (Å²) < 4.78 is 27.7. The molecule has 0 bridgehead atoms. The van der Waals surface area contributed by atoms with E-state index in [-0.39, 0.29) is 21.4 Å². The van der Waals surface area contributed by atoms with Crippen LogP contribution in [0, 0.1) is 0 Å². The maximum absolute atomic E-state index is 13.1. The van der Waals surface area contributed by atoms with E-state index in [1.54, 1.807) is 6.07 Å². The van der Waals surface area contributed by atoms with E-state index in [0.717, 1.165) is 25.7 Å². The molecule has 29 heavy (non-hydrogen) atoms. The van der Waals surface area contributed by atoms with Gasteiger partial charge in [0.15, 0.2) is 0 Å². The topological polar surface area (TPSA) is 66.5 Å². The number of carbonyl (C=O) groups is 1. The lowest BCUT2D eigenvalue weighted by Crippen LogP contribution is -2.32. The molecule has 156 valence electrons. The molecule has 1 saturated heterocycles. The van der Waals surface area contributed by atoms with Gasteiger partial charge < -0.3 is 5.32 Å². The highest BCUT2D eigenvalue weighted by Crippen LogP contribution is 2.28. The van der Waals surface area contributed by atoms with Gasteiger partial charge in [0.1, 0.15) is 4.90 Å². The lowest BCUT2D eigenvalue weighted by atomic mass is 10.0. The van der Waals surface area contributed by atoms with Crippen LogP contribution in [0.2, 0.25) is 5.02 Å². The van der Waals surface area contributed by atoms with E-state index in [9.17, 15) is 13.2 Å². The number of benzene rings is 2. The number of carbonyl (C=O) groups excluding carboxylic acids is 1. The molecule has 2 aromatic carbocycles. The number of halogens is 1. The van der Waals surface area contributed by atoms with Crippen molar-refractivity contribution in [3.63, 3.8) is 0 Å². The summed E-state index contributed by atoms with van der Waals surface area (Å²) in [6.45, 7) is 5.18. The molecule has 0 aromatic heterocycles. The first-order chi connectivity index (χ1) is 13.8. The highest BCUT2D eigenvalue weighted by Gasteiger charge is 2.28. The zero-order valence-electron chi connectivity index (χ0n) is 16.8. The van der Waals surface area contributed by atoms with Crippen molar-refractivity contribution in [3.05, 3.63) is 58.6 Å². The van der Waals surface area contributed by atoms with Crippen LogP contribution in [0.1, 0.15) is 61.4 Å². The molecule has 0 unspecified atom stereocenters. The molecule has 0 spiro atoms. The van der Waals surface area contributed by atoms with Gasteiger partial charge in [0, 0.05) is 24.3 Å². The minimum Gasteiger partial charge on any atom is -0.322 e. The fourth-order valence-corrected chi connectivity index (χ4v) is 5.44. The summed E-state index contributed by atoms with van der Waals surface area (Å²) in [6, 6.07) is 12.0. The third kappa shape index (κ3) is 5.18. The first-order valence-electron chi connectivity index (χ1n) is 10.00. The van der Waals surface area contributed by atoms with E-state index in [0.29, 0.717) is 24.7 Å². The molecule has 2 aromatic rings. The number of nitrogens with zero attached hydrogens (tertiary/aromatic N) is 1. The van der Waals surface area contributed by atoms with Gasteiger partial charge in [-0.05, 0) is 54.7 Å². The van der Waals surface area contributed by atoms with E-state index >= 15 is 0 Å². The van der Waals surface area contributed by atoms with Crippen LogP contribution in [-0.4, -0.2) is 31.7 Å². The van der Waals surface area contributed by atoms with Gasteiger partial charge in [-0.1, -0.05) is 50.4 Å². The highest BCUT2D eigenvalue weighted by atomic mass is 35.5. The first kappa shape index (κ1) is 21.8. The van der Waals surface area contributed by atoms with Crippen molar-refractivity contribution < 1.29 is 13.2 Å². The summed E-state index contributed by atoms with van der Waals surface area (Å²) in [6.07, 6.45) is 3.72. The minimum absolute atomic E-state index is 0.0103. The molecule has 1 N–H and O–H groups in total. The Kier molecular flexibility index (Phi) is 6.98. The van der Waals surface area contributed by atoms with Gasteiger partial charge in [-0.15, -0.1) is 0 Å². The molecule has 1 fully saturated rings. The van der Waals surface area contributed by atoms with Gasteiger partial charge >= 0.3 is 0 Å². The van der Waals surface area contributed by atoms with E-state index in [1.165, 1.54) is 22.0 Å². The van der Waals surface area contributed by atoms with E-state index < -0.39 is 10.0 Å². The van der Waals surface area contributed by atoms with Crippen LogP contribution >= 0.6 is 11.6 Å². The number of amides is 1. The van der Waals surface area contributed by atoms with Crippen molar-refractivity contribution in [1.82, 2.24) is 4.31 Å². The average Bonchev–Trinajstić information content (AvgIpc) is 2.98. The van der Waals surface area contributed by atoms with Crippen molar-refractivity contribution >= 4 is 33.2 Å². The van der Waals surface area contributed by atoms with Gasteiger partial charge in [-0.3, -0.25) is 4.79 Å². The Balaban J connectivity index is 1.83. The Hall–Kier alpha value is -1.89. The fourth-order valence-electron chi connectivity index (χ4n) is 3.42. The molecular weight excluding hydrogens is 408 g/mol. The monoisotopic (exact) mass is 434 g/mol. The Morgan fingerprint density at radius 3 is 2.21 bits per heavy atom. The average molecular weight is 435 g/mol. The fraction of sp³-hybridized carbons (Fsp3) is 0.409. The summed E-state index contributed by atoms with van der Waals surface area (Å²) >= 11 is 6.22. The molecule has 0 saturated carbocycles. The zero-order chi connectivity index (χ0) is 21.0. The number of rotatable bonds is 5. The lowest BCUT2D eigenvalue weighted by Gasteiger charge is -2.21. The van der Waals surface area contributed by atoms with Crippen molar-refractivity contribution in [2.24, 2.45) is 0 Å². The Morgan fingerprint density at radius 2 is 1.62 bits per heavy atom. The third-order valence-electron chi connectivity index (χ3n) is 5.21. The van der Waals surface area contributed by atoms with Crippen molar-refractivity contribution in [1.29, 1.82) is 0 Å². The van der Waals surface area contributed by atoms with Gasteiger partial charge in [-0.25, -0.2) is 8.42 Å².